The van der Waals surface area contributed by atoms with Crippen molar-refractivity contribution >= 4 is 52.6 Å². The molecule has 0 heterocycles. The van der Waals surface area contributed by atoms with Gasteiger partial charge in [-0.15, -0.1) is 0 Å². The molecular weight excluding hydrogens is 327 g/mol. The molecule has 3 nitrogen and oxygen atoms in total. The molecule has 0 radical (unpaired) electrons. The molecule has 0 bridgehead atoms. The Morgan fingerprint density at radius 1 is 1.26 bits per heavy atom. The lowest BCUT2D eigenvalue weighted by Gasteiger charge is -2.26. The Kier molecular flexibility index (Phi) is 6.12. The number of hydrogen-bond donors (Lipinski definition) is 1. The van der Waals surface area contributed by atoms with Gasteiger partial charge in [-0.3, -0.25) is 0 Å². The highest BCUT2D eigenvalue weighted by Gasteiger charge is 2.35. The van der Waals surface area contributed by atoms with E-state index in [1.807, 2.05) is 31.2 Å². The third-order valence-electron chi connectivity index (χ3n) is 2.23. The summed E-state index contributed by atoms with van der Waals surface area (Å²) in [5.41, 5.74) is 1.15. The van der Waals surface area contributed by atoms with Crippen LogP contribution in [0.2, 0.25) is 0 Å². The lowest BCUT2D eigenvalue weighted by Crippen LogP contribution is -2.45. The molecule has 0 saturated heterocycles. The molecule has 0 spiro atoms. The second-order valence-corrected chi connectivity index (χ2v) is 7.74. The molecule has 1 rings (SSSR count). The number of urea groups is 1. The molecule has 0 fully saturated rings. The van der Waals surface area contributed by atoms with E-state index in [-0.39, 0.29) is 6.03 Å². The number of aryl methyl sites for hydroxylation is 1. The molecule has 106 valence electrons. The zero-order valence-corrected chi connectivity index (χ0v) is 13.9. The van der Waals surface area contributed by atoms with E-state index in [2.05, 4.69) is 5.32 Å². The van der Waals surface area contributed by atoms with Gasteiger partial charge in [0.15, 0.2) is 0 Å². The average Bonchev–Trinajstić information content (AvgIpc) is 2.29. The summed E-state index contributed by atoms with van der Waals surface area (Å²) in [6, 6.07) is 7.46. The SMILES string of the molecule is Cc1ccc(S[C@@H](NC(=O)N(C)C)C(Cl)(Cl)Cl)cc1. The van der Waals surface area contributed by atoms with E-state index in [0.717, 1.165) is 10.5 Å². The maximum Gasteiger partial charge on any atom is 0.317 e. The summed E-state index contributed by atoms with van der Waals surface area (Å²) in [6.45, 7) is 1.99. The number of nitrogens with zero attached hydrogens (tertiary/aromatic N) is 1. The highest BCUT2D eigenvalue weighted by Crippen LogP contribution is 2.39. The van der Waals surface area contributed by atoms with Crippen LogP contribution in [0.3, 0.4) is 0 Å². The van der Waals surface area contributed by atoms with Crippen LogP contribution in [0, 0.1) is 6.92 Å². The molecule has 7 heteroatoms. The molecular formula is C12H15Cl3N2OS. The van der Waals surface area contributed by atoms with Crippen molar-refractivity contribution in [2.75, 3.05) is 14.1 Å². The maximum absolute atomic E-state index is 11.7. The number of carbonyl (C=O) groups excluding carboxylic acids is 1. The zero-order chi connectivity index (χ0) is 14.6. The number of rotatable bonds is 3. The standard InChI is InChI=1S/C12H15Cl3N2OS/c1-8-4-6-9(7-5-8)19-10(12(13,14)15)16-11(18)17(2)3/h4-7,10H,1-3H3,(H,16,18)/t10-/m1/s1. The highest BCUT2D eigenvalue weighted by molar-refractivity contribution is 8.00. The van der Waals surface area contributed by atoms with Gasteiger partial charge in [-0.2, -0.15) is 0 Å². The van der Waals surface area contributed by atoms with Crippen LogP contribution in [0.25, 0.3) is 0 Å². The van der Waals surface area contributed by atoms with Crippen molar-refractivity contribution in [3.63, 3.8) is 0 Å². The predicted octanol–water partition coefficient (Wildman–Crippen LogP) is 4.05. The molecule has 19 heavy (non-hydrogen) atoms. The Morgan fingerprint density at radius 2 is 1.79 bits per heavy atom. The fourth-order valence-corrected chi connectivity index (χ4v) is 2.60. The number of nitrogens with one attached hydrogen (secondary N) is 1. The summed E-state index contributed by atoms with van der Waals surface area (Å²) in [7, 11) is 3.25. The summed E-state index contributed by atoms with van der Waals surface area (Å²) < 4.78 is -1.60. The summed E-state index contributed by atoms with van der Waals surface area (Å²) in [4.78, 5) is 14.0. The number of carbonyl (C=O) groups is 1. The third kappa shape index (κ3) is 5.69. The Labute approximate surface area is 132 Å². The summed E-state index contributed by atoms with van der Waals surface area (Å²) in [6.07, 6.45) is 0. The van der Waals surface area contributed by atoms with Gasteiger partial charge in [0, 0.05) is 19.0 Å². The van der Waals surface area contributed by atoms with Crippen molar-refractivity contribution < 1.29 is 4.79 Å². The van der Waals surface area contributed by atoms with Gasteiger partial charge in [0.25, 0.3) is 0 Å². The molecule has 1 atom stereocenters. The van der Waals surface area contributed by atoms with E-state index in [1.165, 1.54) is 16.7 Å². The third-order valence-corrected chi connectivity index (χ3v) is 4.53. The number of alkyl halides is 3. The smallest absolute Gasteiger partial charge is 0.317 e. The lowest BCUT2D eigenvalue weighted by molar-refractivity contribution is 0.216. The minimum Gasteiger partial charge on any atom is -0.331 e. The van der Waals surface area contributed by atoms with Crippen LogP contribution in [0.15, 0.2) is 29.2 Å². The van der Waals surface area contributed by atoms with Gasteiger partial charge in [0.1, 0.15) is 5.37 Å². The number of thioether (sulfide) groups is 1. The Morgan fingerprint density at radius 3 is 2.21 bits per heavy atom. The Bertz CT molecular complexity index is 432. The molecule has 0 aromatic heterocycles. The molecule has 0 unspecified atom stereocenters. The van der Waals surface area contributed by atoms with Crippen LogP contribution in [0.4, 0.5) is 4.79 Å². The lowest BCUT2D eigenvalue weighted by atomic mass is 10.2. The monoisotopic (exact) mass is 340 g/mol. The quantitative estimate of drug-likeness (QED) is 0.511. The summed E-state index contributed by atoms with van der Waals surface area (Å²) >= 11 is 19.0. The van der Waals surface area contributed by atoms with Gasteiger partial charge < -0.3 is 10.2 Å². The molecule has 0 aliphatic rings. The van der Waals surface area contributed by atoms with Gasteiger partial charge in [-0.1, -0.05) is 64.3 Å². The molecule has 0 aliphatic heterocycles. The van der Waals surface area contributed by atoms with E-state index >= 15 is 0 Å². The topological polar surface area (TPSA) is 32.3 Å². The fourth-order valence-electron chi connectivity index (χ4n) is 1.17. The van der Waals surface area contributed by atoms with E-state index < -0.39 is 9.17 Å². The van der Waals surface area contributed by atoms with Crippen molar-refractivity contribution in [3.05, 3.63) is 29.8 Å². The first-order chi connectivity index (χ1) is 8.70. The predicted molar refractivity (Wildman–Crippen MR) is 83.3 cm³/mol. The van der Waals surface area contributed by atoms with Crippen LogP contribution in [0.5, 0.6) is 0 Å². The number of amides is 2. The average molecular weight is 342 g/mol. The van der Waals surface area contributed by atoms with Crippen LogP contribution >= 0.6 is 46.6 Å². The van der Waals surface area contributed by atoms with Crippen molar-refractivity contribution in [2.24, 2.45) is 0 Å². The van der Waals surface area contributed by atoms with E-state index in [4.69, 9.17) is 34.8 Å². The molecule has 0 aliphatic carbocycles. The second-order valence-electron chi connectivity index (χ2n) is 4.20. The number of hydrogen-bond acceptors (Lipinski definition) is 2. The molecule has 1 N–H and O–H groups in total. The normalized spacial score (nSPS) is 12.9. The van der Waals surface area contributed by atoms with Gasteiger partial charge in [-0.25, -0.2) is 4.79 Å². The van der Waals surface area contributed by atoms with Gasteiger partial charge >= 0.3 is 6.03 Å². The first kappa shape index (κ1) is 16.8. The van der Waals surface area contributed by atoms with Crippen LogP contribution in [-0.4, -0.2) is 34.2 Å². The molecule has 1 aromatic carbocycles. The van der Waals surface area contributed by atoms with Crippen molar-refractivity contribution in [2.45, 2.75) is 21.0 Å². The van der Waals surface area contributed by atoms with Gasteiger partial charge in [-0.05, 0) is 19.1 Å². The zero-order valence-electron chi connectivity index (χ0n) is 10.8. The Balaban J connectivity index is 2.81. The summed E-state index contributed by atoms with van der Waals surface area (Å²) in [5.74, 6) is 0. The Hall–Kier alpha value is -0.290. The fraction of sp³-hybridized carbons (Fsp3) is 0.417. The summed E-state index contributed by atoms with van der Waals surface area (Å²) in [5, 5.41) is 2.00. The minimum atomic E-state index is -1.60. The maximum atomic E-state index is 11.7. The minimum absolute atomic E-state index is 0.309. The van der Waals surface area contributed by atoms with Crippen LogP contribution < -0.4 is 5.32 Å². The van der Waals surface area contributed by atoms with Crippen LogP contribution in [0.1, 0.15) is 5.56 Å². The number of halogens is 3. The second kappa shape index (κ2) is 6.93. The molecule has 0 saturated carbocycles. The van der Waals surface area contributed by atoms with E-state index in [0.29, 0.717) is 0 Å². The molecule has 1 aromatic rings. The first-order valence-corrected chi connectivity index (χ1v) is 7.49. The largest absolute Gasteiger partial charge is 0.331 e. The molecule has 2 amide bonds. The van der Waals surface area contributed by atoms with E-state index in [9.17, 15) is 4.79 Å². The van der Waals surface area contributed by atoms with Gasteiger partial charge in [0.05, 0.1) is 0 Å². The first-order valence-electron chi connectivity index (χ1n) is 5.48. The van der Waals surface area contributed by atoms with Crippen LogP contribution in [-0.2, 0) is 0 Å². The van der Waals surface area contributed by atoms with E-state index in [1.54, 1.807) is 14.1 Å². The highest BCUT2D eigenvalue weighted by atomic mass is 35.6. The number of benzene rings is 1. The van der Waals surface area contributed by atoms with Crippen molar-refractivity contribution in [3.8, 4) is 0 Å². The van der Waals surface area contributed by atoms with Crippen molar-refractivity contribution in [1.82, 2.24) is 10.2 Å². The van der Waals surface area contributed by atoms with Crippen molar-refractivity contribution in [1.29, 1.82) is 0 Å². The van der Waals surface area contributed by atoms with Gasteiger partial charge in [0.2, 0.25) is 3.79 Å².